The fourth-order valence-electron chi connectivity index (χ4n) is 1.59. The summed E-state index contributed by atoms with van der Waals surface area (Å²) in [6.07, 6.45) is 1.02. The average molecular weight is 387 g/mol. The van der Waals surface area contributed by atoms with Crippen LogP contribution < -0.4 is 4.83 Å². The number of phenolic OH excluding ortho intramolecular Hbond substituents is 1. The lowest BCUT2D eigenvalue weighted by Gasteiger charge is -2.04. The second-order valence-electron chi connectivity index (χ2n) is 4.47. The Bertz CT molecular complexity index is 821. The number of phenols is 1. The number of nitrogens with zero attached hydrogens (tertiary/aromatic N) is 1. The second kappa shape index (κ2) is 6.45. The third kappa shape index (κ3) is 3.63. The molecule has 0 amide bonds. The molecule has 0 atom stereocenters. The molecule has 0 aromatic heterocycles. The number of hydrogen-bond donors (Lipinski definition) is 2. The minimum absolute atomic E-state index is 0.0484. The zero-order valence-electron chi connectivity index (χ0n) is 11.4. The minimum atomic E-state index is -3.81. The van der Waals surface area contributed by atoms with Gasteiger partial charge in [0.15, 0.2) is 11.6 Å². The van der Waals surface area contributed by atoms with Crippen molar-refractivity contribution in [3.63, 3.8) is 0 Å². The molecule has 0 aliphatic carbocycles. The molecule has 116 valence electrons. The van der Waals surface area contributed by atoms with Crippen molar-refractivity contribution in [1.29, 1.82) is 0 Å². The second-order valence-corrected chi connectivity index (χ2v) is 6.98. The number of benzene rings is 2. The fourth-order valence-corrected chi connectivity index (χ4v) is 2.71. The molecule has 2 aromatic carbocycles. The van der Waals surface area contributed by atoms with Crippen LogP contribution in [0.2, 0.25) is 0 Å². The zero-order chi connectivity index (χ0) is 16.3. The van der Waals surface area contributed by atoms with Crippen LogP contribution in [0.25, 0.3) is 0 Å². The van der Waals surface area contributed by atoms with E-state index in [2.05, 4.69) is 21.0 Å². The van der Waals surface area contributed by atoms with Crippen LogP contribution in [-0.4, -0.2) is 19.7 Å². The molecule has 2 N–H and O–H groups in total. The monoisotopic (exact) mass is 386 g/mol. The van der Waals surface area contributed by atoms with E-state index in [9.17, 15) is 17.9 Å². The van der Waals surface area contributed by atoms with Crippen molar-refractivity contribution >= 4 is 32.2 Å². The van der Waals surface area contributed by atoms with E-state index in [4.69, 9.17) is 0 Å². The molecule has 0 aliphatic rings. The fraction of sp³-hybridized carbons (Fsp3) is 0.0714. The maximum atomic E-state index is 13.5. The number of rotatable bonds is 4. The number of aryl methyl sites for hydroxylation is 1. The Balaban J connectivity index is 2.19. The number of hydrazone groups is 1. The van der Waals surface area contributed by atoms with Crippen LogP contribution >= 0.6 is 15.9 Å². The highest BCUT2D eigenvalue weighted by molar-refractivity contribution is 9.10. The normalized spacial score (nSPS) is 11.8. The summed E-state index contributed by atoms with van der Waals surface area (Å²) in [4.78, 5) is 2.06. The molecule has 0 unspecified atom stereocenters. The minimum Gasteiger partial charge on any atom is -0.504 e. The van der Waals surface area contributed by atoms with Gasteiger partial charge in [0.05, 0.1) is 15.6 Å². The third-order valence-corrected chi connectivity index (χ3v) is 4.66. The molecule has 2 rings (SSSR count). The predicted molar refractivity (Wildman–Crippen MR) is 84.9 cm³/mol. The number of nitrogens with one attached hydrogen (secondary N) is 1. The molecule has 0 saturated heterocycles. The molecular weight excluding hydrogens is 375 g/mol. The van der Waals surface area contributed by atoms with Gasteiger partial charge in [-0.1, -0.05) is 17.7 Å². The summed E-state index contributed by atoms with van der Waals surface area (Å²) >= 11 is 2.93. The van der Waals surface area contributed by atoms with Crippen LogP contribution in [0.15, 0.2) is 50.9 Å². The van der Waals surface area contributed by atoms with E-state index in [0.29, 0.717) is 0 Å². The van der Waals surface area contributed by atoms with Gasteiger partial charge in [0, 0.05) is 5.56 Å². The van der Waals surface area contributed by atoms with Gasteiger partial charge < -0.3 is 5.11 Å². The van der Waals surface area contributed by atoms with Gasteiger partial charge in [-0.2, -0.15) is 13.5 Å². The van der Waals surface area contributed by atoms with Crippen LogP contribution in [0.5, 0.6) is 5.75 Å². The first kappa shape index (κ1) is 16.4. The quantitative estimate of drug-likeness (QED) is 0.626. The third-order valence-electron chi connectivity index (χ3n) is 2.81. The first-order chi connectivity index (χ1) is 10.3. The van der Waals surface area contributed by atoms with Crippen LogP contribution in [0, 0.1) is 12.7 Å². The van der Waals surface area contributed by atoms with Crippen molar-refractivity contribution in [2.24, 2.45) is 5.10 Å². The van der Waals surface area contributed by atoms with E-state index >= 15 is 0 Å². The number of aromatic hydroxyl groups is 1. The Morgan fingerprint density at radius 1 is 1.23 bits per heavy atom. The van der Waals surface area contributed by atoms with Gasteiger partial charge in [-0.25, -0.2) is 9.22 Å². The largest absolute Gasteiger partial charge is 0.504 e. The molecule has 5 nitrogen and oxygen atoms in total. The summed E-state index contributed by atoms with van der Waals surface area (Å²) in [7, 11) is -3.81. The van der Waals surface area contributed by atoms with E-state index in [-0.39, 0.29) is 14.9 Å². The summed E-state index contributed by atoms with van der Waals surface area (Å²) in [5, 5.41) is 13.1. The molecule has 8 heteroatoms. The molecule has 0 spiro atoms. The highest BCUT2D eigenvalue weighted by Gasteiger charge is 2.13. The van der Waals surface area contributed by atoms with Gasteiger partial charge in [0.25, 0.3) is 10.0 Å². The van der Waals surface area contributed by atoms with Crippen molar-refractivity contribution in [2.75, 3.05) is 0 Å². The van der Waals surface area contributed by atoms with Gasteiger partial charge in [0.2, 0.25) is 0 Å². The summed E-state index contributed by atoms with van der Waals surface area (Å²) in [5.41, 5.74) is 0.977. The first-order valence-electron chi connectivity index (χ1n) is 6.10. The molecule has 0 saturated carbocycles. The van der Waals surface area contributed by atoms with Crippen molar-refractivity contribution < 1.29 is 17.9 Å². The summed E-state index contributed by atoms with van der Waals surface area (Å²) < 4.78 is 37.5. The van der Waals surface area contributed by atoms with Gasteiger partial charge in [-0.3, -0.25) is 0 Å². The van der Waals surface area contributed by atoms with Crippen molar-refractivity contribution in [2.45, 2.75) is 11.8 Å². The number of sulfonamides is 1. The van der Waals surface area contributed by atoms with E-state index < -0.39 is 21.6 Å². The molecule has 2 aromatic rings. The Labute approximate surface area is 135 Å². The predicted octanol–water partition coefficient (Wildman–Crippen LogP) is 2.91. The number of hydrogen-bond acceptors (Lipinski definition) is 4. The molecule has 0 radical (unpaired) electrons. The molecular formula is C14H12BrFN2O3S. The number of halogens is 2. The van der Waals surface area contributed by atoms with Crippen LogP contribution in [0.1, 0.15) is 11.1 Å². The Morgan fingerprint density at radius 3 is 2.50 bits per heavy atom. The summed E-state index contributed by atoms with van der Waals surface area (Å²) in [6, 6.07) is 8.99. The van der Waals surface area contributed by atoms with Gasteiger partial charge in [0.1, 0.15) is 0 Å². The maximum absolute atomic E-state index is 13.5. The molecule has 0 fully saturated rings. The van der Waals surface area contributed by atoms with Crippen molar-refractivity contribution in [3.8, 4) is 5.75 Å². The zero-order valence-corrected chi connectivity index (χ0v) is 13.8. The molecule has 0 heterocycles. The topological polar surface area (TPSA) is 78.8 Å². The van der Waals surface area contributed by atoms with E-state index in [1.54, 1.807) is 12.1 Å². The molecule has 0 aliphatic heterocycles. The first-order valence-corrected chi connectivity index (χ1v) is 8.37. The van der Waals surface area contributed by atoms with Gasteiger partial charge >= 0.3 is 0 Å². The van der Waals surface area contributed by atoms with Gasteiger partial charge in [-0.15, -0.1) is 0 Å². The lowest BCUT2D eigenvalue weighted by Crippen LogP contribution is -2.18. The highest BCUT2D eigenvalue weighted by Crippen LogP contribution is 2.26. The van der Waals surface area contributed by atoms with Crippen LogP contribution in [-0.2, 0) is 10.0 Å². The Kier molecular flexibility index (Phi) is 4.82. The van der Waals surface area contributed by atoms with Crippen LogP contribution in [0.3, 0.4) is 0 Å². The van der Waals surface area contributed by atoms with Crippen LogP contribution in [0.4, 0.5) is 4.39 Å². The molecule has 22 heavy (non-hydrogen) atoms. The maximum Gasteiger partial charge on any atom is 0.276 e. The van der Waals surface area contributed by atoms with E-state index in [0.717, 1.165) is 11.8 Å². The smallest absolute Gasteiger partial charge is 0.276 e. The van der Waals surface area contributed by atoms with Gasteiger partial charge in [-0.05, 0) is 47.1 Å². The Hall–Kier alpha value is -1.93. The standard InChI is InChI=1S/C14H12BrFN2O3S/c1-9-2-5-11(6-3-9)22(20,21)18-17-8-10-4-7-12(15)13(16)14(10)19/h2-8,18-19H,1H3. The highest BCUT2D eigenvalue weighted by atomic mass is 79.9. The lowest BCUT2D eigenvalue weighted by atomic mass is 10.2. The van der Waals surface area contributed by atoms with Crippen molar-refractivity contribution in [1.82, 2.24) is 4.83 Å². The summed E-state index contributed by atoms with van der Waals surface area (Å²) in [6.45, 7) is 1.84. The van der Waals surface area contributed by atoms with Crippen molar-refractivity contribution in [3.05, 3.63) is 57.8 Å². The summed E-state index contributed by atoms with van der Waals surface area (Å²) in [5.74, 6) is -1.46. The lowest BCUT2D eigenvalue weighted by molar-refractivity contribution is 0.429. The van der Waals surface area contributed by atoms with E-state index in [1.807, 2.05) is 11.8 Å². The Morgan fingerprint density at radius 2 is 1.86 bits per heavy atom. The molecule has 0 bridgehead atoms. The SMILES string of the molecule is Cc1ccc(S(=O)(=O)NN=Cc2ccc(Br)c(F)c2O)cc1. The average Bonchev–Trinajstić information content (AvgIpc) is 2.48. The van der Waals surface area contributed by atoms with E-state index in [1.165, 1.54) is 24.3 Å².